The predicted octanol–water partition coefficient (Wildman–Crippen LogP) is -1.36. The Morgan fingerprint density at radius 1 is 1.00 bits per heavy atom. The molecule has 2 rings (SSSR count). The number of aliphatic carboxylic acids is 1. The van der Waals surface area contributed by atoms with Crippen LogP contribution in [-0.2, 0) is 25.6 Å². The maximum absolute atomic E-state index is 12.9. The van der Waals surface area contributed by atoms with Crippen LogP contribution in [0.2, 0.25) is 0 Å². The van der Waals surface area contributed by atoms with Gasteiger partial charge in [-0.05, 0) is 50.8 Å². The van der Waals surface area contributed by atoms with E-state index in [9.17, 15) is 29.4 Å². The van der Waals surface area contributed by atoms with E-state index in [4.69, 9.17) is 5.73 Å². The van der Waals surface area contributed by atoms with Gasteiger partial charge in [0.05, 0.1) is 12.6 Å². The second-order valence-electron chi connectivity index (χ2n) is 8.33. The average Bonchev–Trinajstić information content (AvgIpc) is 3.37. The summed E-state index contributed by atoms with van der Waals surface area (Å²) in [6.45, 7) is 0.454. The van der Waals surface area contributed by atoms with Gasteiger partial charge in [0, 0.05) is 6.42 Å². The summed E-state index contributed by atoms with van der Waals surface area (Å²) in [6.07, 6.45) is 2.91. The summed E-state index contributed by atoms with van der Waals surface area (Å²) in [5.41, 5.74) is 6.27. The Morgan fingerprint density at radius 3 is 2.26 bits per heavy atom. The Labute approximate surface area is 198 Å². The number of carbonyl (C=O) groups is 4. The molecule has 0 saturated carbocycles. The van der Waals surface area contributed by atoms with E-state index in [0.717, 1.165) is 12.0 Å². The predicted molar refractivity (Wildman–Crippen MR) is 125 cm³/mol. The summed E-state index contributed by atoms with van der Waals surface area (Å²) in [7, 11) is 0. The molecule has 4 atom stereocenters. The van der Waals surface area contributed by atoms with Gasteiger partial charge in [-0.3, -0.25) is 14.4 Å². The van der Waals surface area contributed by atoms with Crippen molar-refractivity contribution in [3.8, 4) is 0 Å². The van der Waals surface area contributed by atoms with E-state index >= 15 is 0 Å². The van der Waals surface area contributed by atoms with E-state index in [0.29, 0.717) is 32.4 Å². The summed E-state index contributed by atoms with van der Waals surface area (Å²) in [5, 5.41) is 29.8. The van der Waals surface area contributed by atoms with Crippen LogP contribution in [0.1, 0.15) is 37.7 Å². The third kappa shape index (κ3) is 8.73. The number of nitrogens with two attached hydrogens (primary N) is 1. The fourth-order valence-corrected chi connectivity index (χ4v) is 3.73. The van der Waals surface area contributed by atoms with Crippen LogP contribution in [-0.4, -0.2) is 77.8 Å². The summed E-state index contributed by atoms with van der Waals surface area (Å²) >= 11 is 0. The zero-order valence-electron chi connectivity index (χ0n) is 19.2. The Kier molecular flexibility index (Phi) is 11.4. The largest absolute Gasteiger partial charge is 0.480 e. The summed E-state index contributed by atoms with van der Waals surface area (Å²) in [6, 6.07) is 4.97. The summed E-state index contributed by atoms with van der Waals surface area (Å²) in [5.74, 6) is -2.98. The molecule has 1 aromatic rings. The number of aliphatic hydroxyl groups excluding tert-OH is 1. The van der Waals surface area contributed by atoms with E-state index in [1.165, 1.54) is 0 Å². The highest BCUT2D eigenvalue weighted by molar-refractivity contribution is 5.94. The SMILES string of the molecule is NCCCCC(NC(=O)C(CO)NC(=O)C1CCCN1)C(=O)NC(Cc1ccccc1)C(=O)O. The number of carboxylic acids is 1. The first kappa shape index (κ1) is 27.2. The topological polar surface area (TPSA) is 183 Å². The molecule has 0 bridgehead atoms. The van der Waals surface area contributed by atoms with Gasteiger partial charge < -0.3 is 37.2 Å². The van der Waals surface area contributed by atoms with E-state index in [2.05, 4.69) is 21.3 Å². The van der Waals surface area contributed by atoms with Gasteiger partial charge >= 0.3 is 5.97 Å². The molecule has 1 heterocycles. The molecule has 1 fully saturated rings. The lowest BCUT2D eigenvalue weighted by atomic mass is 10.0. The lowest BCUT2D eigenvalue weighted by Gasteiger charge is -2.24. The van der Waals surface area contributed by atoms with Crippen molar-refractivity contribution >= 4 is 23.7 Å². The van der Waals surface area contributed by atoms with Crippen molar-refractivity contribution in [2.75, 3.05) is 19.7 Å². The molecule has 0 aliphatic carbocycles. The smallest absolute Gasteiger partial charge is 0.326 e. The maximum atomic E-state index is 12.9. The first-order chi connectivity index (χ1) is 16.3. The fraction of sp³-hybridized carbons (Fsp3) is 0.565. The molecule has 1 aliphatic rings. The molecule has 4 unspecified atom stereocenters. The number of hydrogen-bond donors (Lipinski definition) is 7. The van der Waals surface area contributed by atoms with Gasteiger partial charge in [-0.1, -0.05) is 30.3 Å². The fourth-order valence-electron chi connectivity index (χ4n) is 3.73. The number of aliphatic hydroxyl groups is 1. The van der Waals surface area contributed by atoms with E-state index in [1.807, 2.05) is 0 Å². The van der Waals surface area contributed by atoms with Crippen LogP contribution in [0.15, 0.2) is 30.3 Å². The minimum absolute atomic E-state index is 0.0785. The zero-order valence-corrected chi connectivity index (χ0v) is 19.2. The van der Waals surface area contributed by atoms with E-state index in [1.54, 1.807) is 30.3 Å². The Bertz CT molecular complexity index is 815. The molecular weight excluding hydrogens is 442 g/mol. The Hall–Kier alpha value is -3.02. The maximum Gasteiger partial charge on any atom is 0.326 e. The highest BCUT2D eigenvalue weighted by Crippen LogP contribution is 2.08. The van der Waals surface area contributed by atoms with Crippen LogP contribution in [0.25, 0.3) is 0 Å². The molecule has 8 N–H and O–H groups in total. The van der Waals surface area contributed by atoms with Crippen molar-refractivity contribution in [3.05, 3.63) is 35.9 Å². The molecule has 0 radical (unpaired) electrons. The molecule has 1 aliphatic heterocycles. The van der Waals surface area contributed by atoms with Crippen LogP contribution in [0.4, 0.5) is 0 Å². The van der Waals surface area contributed by atoms with Crippen molar-refractivity contribution in [2.45, 2.75) is 62.7 Å². The van der Waals surface area contributed by atoms with Gasteiger partial charge in [0.25, 0.3) is 0 Å². The molecule has 1 aromatic carbocycles. The monoisotopic (exact) mass is 477 g/mol. The molecule has 11 nitrogen and oxygen atoms in total. The van der Waals surface area contributed by atoms with Crippen molar-refractivity contribution in [1.82, 2.24) is 21.3 Å². The lowest BCUT2D eigenvalue weighted by molar-refractivity contribution is -0.142. The van der Waals surface area contributed by atoms with Crippen molar-refractivity contribution in [2.24, 2.45) is 5.73 Å². The quantitative estimate of drug-likeness (QED) is 0.160. The Morgan fingerprint density at radius 2 is 1.68 bits per heavy atom. The van der Waals surface area contributed by atoms with Crippen molar-refractivity contribution < 1.29 is 29.4 Å². The van der Waals surface area contributed by atoms with Gasteiger partial charge in [0.2, 0.25) is 17.7 Å². The summed E-state index contributed by atoms with van der Waals surface area (Å²) < 4.78 is 0. The molecule has 34 heavy (non-hydrogen) atoms. The zero-order chi connectivity index (χ0) is 24.9. The van der Waals surface area contributed by atoms with Gasteiger partial charge in [-0.25, -0.2) is 4.79 Å². The van der Waals surface area contributed by atoms with Gasteiger partial charge in [-0.15, -0.1) is 0 Å². The molecular formula is C23H35N5O6. The number of rotatable bonds is 14. The van der Waals surface area contributed by atoms with Crippen molar-refractivity contribution in [3.63, 3.8) is 0 Å². The second kappa shape index (κ2) is 14.3. The number of carboxylic acid groups (broad SMARTS) is 1. The molecule has 188 valence electrons. The van der Waals surface area contributed by atoms with Crippen LogP contribution in [0.3, 0.4) is 0 Å². The first-order valence-corrected chi connectivity index (χ1v) is 11.6. The number of amides is 3. The molecule has 3 amide bonds. The summed E-state index contributed by atoms with van der Waals surface area (Å²) in [4.78, 5) is 49.8. The highest BCUT2D eigenvalue weighted by atomic mass is 16.4. The van der Waals surface area contributed by atoms with E-state index in [-0.39, 0.29) is 12.8 Å². The molecule has 0 spiro atoms. The van der Waals surface area contributed by atoms with Crippen molar-refractivity contribution in [1.29, 1.82) is 0 Å². The third-order valence-electron chi connectivity index (χ3n) is 5.67. The van der Waals surface area contributed by atoms with Crippen LogP contribution < -0.4 is 27.0 Å². The van der Waals surface area contributed by atoms with E-state index < -0.39 is 54.5 Å². The first-order valence-electron chi connectivity index (χ1n) is 11.6. The van der Waals surface area contributed by atoms with Crippen LogP contribution >= 0.6 is 0 Å². The van der Waals surface area contributed by atoms with Gasteiger partial charge in [-0.2, -0.15) is 0 Å². The van der Waals surface area contributed by atoms with Gasteiger partial charge in [0.1, 0.15) is 18.1 Å². The second-order valence-corrected chi connectivity index (χ2v) is 8.33. The van der Waals surface area contributed by atoms with Crippen LogP contribution in [0.5, 0.6) is 0 Å². The average molecular weight is 478 g/mol. The molecule has 0 aromatic heterocycles. The van der Waals surface area contributed by atoms with Crippen LogP contribution in [0, 0.1) is 0 Å². The number of benzene rings is 1. The number of hydrogen-bond acceptors (Lipinski definition) is 7. The normalized spacial score (nSPS) is 17.9. The number of carbonyl (C=O) groups excluding carboxylic acids is 3. The van der Waals surface area contributed by atoms with Gasteiger partial charge in [0.15, 0.2) is 0 Å². The highest BCUT2D eigenvalue weighted by Gasteiger charge is 2.31. The molecule has 1 saturated heterocycles. The Balaban J connectivity index is 2.04. The minimum atomic E-state index is -1.24. The number of nitrogens with one attached hydrogen (secondary N) is 4. The molecule has 11 heteroatoms. The number of unbranched alkanes of at least 4 members (excludes halogenated alkanes) is 1. The third-order valence-corrected chi connectivity index (χ3v) is 5.67. The minimum Gasteiger partial charge on any atom is -0.480 e. The standard InChI is InChI=1S/C23H35N5O6/c24-11-5-4-9-17(21(31)27-18(23(33)34)13-15-7-2-1-3-8-15)26-22(32)19(14-29)28-20(30)16-10-6-12-25-16/h1-3,7-8,16-19,25,29H,4-6,9-14,24H2,(H,26,32)(H,27,31)(H,28,30)(H,33,34). The lowest BCUT2D eigenvalue weighted by Crippen LogP contribution is -2.58.